The van der Waals surface area contributed by atoms with Gasteiger partial charge in [0.05, 0.1) is 6.04 Å². The Labute approximate surface area is 102 Å². The highest BCUT2D eigenvalue weighted by Gasteiger charge is 2.31. The molecule has 92 valence electrons. The van der Waals surface area contributed by atoms with Crippen molar-refractivity contribution in [2.45, 2.75) is 25.3 Å². The van der Waals surface area contributed by atoms with Crippen LogP contribution in [0.5, 0.6) is 0 Å². The van der Waals surface area contributed by atoms with Gasteiger partial charge in [-0.2, -0.15) is 0 Å². The van der Waals surface area contributed by atoms with E-state index in [1.165, 1.54) is 5.56 Å². The van der Waals surface area contributed by atoms with Crippen molar-refractivity contribution < 1.29 is 9.53 Å². The van der Waals surface area contributed by atoms with Crippen molar-refractivity contribution >= 4 is 5.91 Å². The summed E-state index contributed by atoms with van der Waals surface area (Å²) in [5, 5.41) is 0. The first-order chi connectivity index (χ1) is 8.33. The molecule has 3 heteroatoms. The lowest BCUT2D eigenvalue weighted by Gasteiger charge is -2.25. The number of nitrogens with zero attached hydrogens (tertiary/aromatic N) is 1. The lowest BCUT2D eigenvalue weighted by atomic mass is 10.0. The van der Waals surface area contributed by atoms with Gasteiger partial charge in [-0.25, -0.2) is 0 Å². The minimum Gasteiger partial charge on any atom is -0.385 e. The number of rotatable bonds is 5. The van der Waals surface area contributed by atoms with Gasteiger partial charge in [-0.15, -0.1) is 0 Å². The van der Waals surface area contributed by atoms with Crippen LogP contribution in [0.15, 0.2) is 30.3 Å². The number of hydrogen-bond donors (Lipinski definition) is 0. The Kier molecular flexibility index (Phi) is 4.15. The monoisotopic (exact) mass is 233 g/mol. The SMILES string of the molecule is COCCCN1C(=O)CCC1c1ccccc1. The van der Waals surface area contributed by atoms with Crippen molar-refractivity contribution in [1.82, 2.24) is 4.90 Å². The Bertz CT molecular complexity index is 364. The second kappa shape index (κ2) is 5.82. The summed E-state index contributed by atoms with van der Waals surface area (Å²) in [7, 11) is 1.69. The molecule has 1 heterocycles. The van der Waals surface area contributed by atoms with Crippen LogP contribution in [0, 0.1) is 0 Å². The zero-order valence-corrected chi connectivity index (χ0v) is 10.3. The predicted molar refractivity (Wildman–Crippen MR) is 66.6 cm³/mol. The molecular weight excluding hydrogens is 214 g/mol. The third-order valence-electron chi connectivity index (χ3n) is 3.26. The van der Waals surface area contributed by atoms with E-state index in [9.17, 15) is 4.79 Å². The van der Waals surface area contributed by atoms with E-state index < -0.39 is 0 Å². The van der Waals surface area contributed by atoms with E-state index in [-0.39, 0.29) is 11.9 Å². The number of carbonyl (C=O) groups is 1. The maximum absolute atomic E-state index is 11.8. The molecule has 0 aliphatic carbocycles. The molecule has 1 aliphatic rings. The Balaban J connectivity index is 2.03. The number of likely N-dealkylation sites (tertiary alicyclic amines) is 1. The predicted octanol–water partition coefficient (Wildman–Crippen LogP) is 2.39. The number of amides is 1. The van der Waals surface area contributed by atoms with Crippen molar-refractivity contribution in [3.05, 3.63) is 35.9 Å². The summed E-state index contributed by atoms with van der Waals surface area (Å²) >= 11 is 0. The summed E-state index contributed by atoms with van der Waals surface area (Å²) in [5.41, 5.74) is 1.25. The van der Waals surface area contributed by atoms with Gasteiger partial charge in [-0.3, -0.25) is 4.79 Å². The quantitative estimate of drug-likeness (QED) is 0.731. The van der Waals surface area contributed by atoms with Crippen molar-refractivity contribution in [2.24, 2.45) is 0 Å². The molecule has 1 amide bonds. The van der Waals surface area contributed by atoms with Crippen molar-refractivity contribution in [3.63, 3.8) is 0 Å². The van der Waals surface area contributed by atoms with Gasteiger partial charge in [0.1, 0.15) is 0 Å². The van der Waals surface area contributed by atoms with E-state index in [0.29, 0.717) is 13.0 Å². The lowest BCUT2D eigenvalue weighted by Crippen LogP contribution is -2.29. The molecule has 1 saturated heterocycles. The summed E-state index contributed by atoms with van der Waals surface area (Å²) in [6, 6.07) is 10.5. The van der Waals surface area contributed by atoms with Gasteiger partial charge in [-0.05, 0) is 18.4 Å². The Hall–Kier alpha value is -1.35. The molecule has 0 radical (unpaired) electrons. The lowest BCUT2D eigenvalue weighted by molar-refractivity contribution is -0.129. The average molecular weight is 233 g/mol. The molecule has 1 aliphatic heterocycles. The highest BCUT2D eigenvalue weighted by atomic mass is 16.5. The molecule has 0 bridgehead atoms. The maximum Gasteiger partial charge on any atom is 0.223 e. The van der Waals surface area contributed by atoms with E-state index in [1.807, 2.05) is 23.1 Å². The van der Waals surface area contributed by atoms with Crippen LogP contribution < -0.4 is 0 Å². The first-order valence-corrected chi connectivity index (χ1v) is 6.16. The Morgan fingerprint density at radius 2 is 2.12 bits per heavy atom. The highest BCUT2D eigenvalue weighted by Crippen LogP contribution is 2.32. The molecule has 2 rings (SSSR count). The number of hydrogen-bond acceptors (Lipinski definition) is 2. The molecular formula is C14H19NO2. The molecule has 1 unspecified atom stereocenters. The standard InChI is InChI=1S/C14H19NO2/c1-17-11-5-10-15-13(8-9-14(15)16)12-6-3-2-4-7-12/h2-4,6-7,13H,5,8-11H2,1H3. The van der Waals surface area contributed by atoms with E-state index in [2.05, 4.69) is 12.1 Å². The zero-order valence-electron chi connectivity index (χ0n) is 10.3. The van der Waals surface area contributed by atoms with Crippen LogP contribution in [0.25, 0.3) is 0 Å². The van der Waals surface area contributed by atoms with Crippen LogP contribution in [-0.4, -0.2) is 31.1 Å². The van der Waals surface area contributed by atoms with Gasteiger partial charge < -0.3 is 9.64 Å². The minimum atomic E-state index is 0.264. The summed E-state index contributed by atoms with van der Waals surface area (Å²) in [6.45, 7) is 1.51. The van der Waals surface area contributed by atoms with Crippen LogP contribution in [0.4, 0.5) is 0 Å². The van der Waals surface area contributed by atoms with Crippen LogP contribution in [0.3, 0.4) is 0 Å². The topological polar surface area (TPSA) is 29.5 Å². The summed E-state index contributed by atoms with van der Waals surface area (Å²) < 4.78 is 5.04. The molecule has 3 nitrogen and oxygen atoms in total. The second-order valence-electron chi connectivity index (χ2n) is 4.40. The first kappa shape index (κ1) is 12.1. The van der Waals surface area contributed by atoms with Gasteiger partial charge in [0, 0.05) is 26.7 Å². The smallest absolute Gasteiger partial charge is 0.223 e. The summed E-state index contributed by atoms with van der Waals surface area (Å²) in [5.74, 6) is 0.273. The molecule has 0 aromatic heterocycles. The zero-order chi connectivity index (χ0) is 12.1. The number of ether oxygens (including phenoxy) is 1. The second-order valence-corrected chi connectivity index (χ2v) is 4.40. The third kappa shape index (κ3) is 2.86. The minimum absolute atomic E-state index is 0.264. The highest BCUT2D eigenvalue weighted by molar-refractivity contribution is 5.79. The van der Waals surface area contributed by atoms with E-state index >= 15 is 0 Å². The molecule has 0 saturated carbocycles. The van der Waals surface area contributed by atoms with Crippen molar-refractivity contribution in [3.8, 4) is 0 Å². The number of benzene rings is 1. The Morgan fingerprint density at radius 1 is 1.35 bits per heavy atom. The molecule has 1 aromatic carbocycles. The van der Waals surface area contributed by atoms with Crippen LogP contribution in [0.1, 0.15) is 30.9 Å². The van der Waals surface area contributed by atoms with E-state index in [4.69, 9.17) is 4.74 Å². The first-order valence-electron chi connectivity index (χ1n) is 6.16. The molecule has 17 heavy (non-hydrogen) atoms. The van der Waals surface area contributed by atoms with Gasteiger partial charge in [0.2, 0.25) is 5.91 Å². The molecule has 1 atom stereocenters. The normalized spacial score (nSPS) is 19.9. The van der Waals surface area contributed by atoms with Crippen LogP contribution in [0.2, 0.25) is 0 Å². The van der Waals surface area contributed by atoms with Gasteiger partial charge in [0.25, 0.3) is 0 Å². The number of carbonyl (C=O) groups excluding carboxylic acids is 1. The molecule has 1 fully saturated rings. The van der Waals surface area contributed by atoms with Gasteiger partial charge in [-0.1, -0.05) is 30.3 Å². The largest absolute Gasteiger partial charge is 0.385 e. The van der Waals surface area contributed by atoms with Crippen LogP contribution >= 0.6 is 0 Å². The fraction of sp³-hybridized carbons (Fsp3) is 0.500. The molecule has 0 N–H and O–H groups in total. The fourth-order valence-electron chi connectivity index (χ4n) is 2.42. The van der Waals surface area contributed by atoms with E-state index in [1.54, 1.807) is 7.11 Å². The molecule has 1 aromatic rings. The summed E-state index contributed by atoms with van der Waals surface area (Å²) in [4.78, 5) is 13.8. The van der Waals surface area contributed by atoms with Gasteiger partial charge in [0.15, 0.2) is 0 Å². The van der Waals surface area contributed by atoms with Gasteiger partial charge >= 0.3 is 0 Å². The fourth-order valence-corrected chi connectivity index (χ4v) is 2.42. The van der Waals surface area contributed by atoms with Crippen LogP contribution in [-0.2, 0) is 9.53 Å². The van der Waals surface area contributed by atoms with E-state index in [0.717, 1.165) is 19.4 Å². The van der Waals surface area contributed by atoms with Crippen molar-refractivity contribution in [1.29, 1.82) is 0 Å². The molecule has 0 spiro atoms. The number of methoxy groups -OCH3 is 1. The third-order valence-corrected chi connectivity index (χ3v) is 3.26. The average Bonchev–Trinajstić information content (AvgIpc) is 2.73. The Morgan fingerprint density at radius 3 is 2.82 bits per heavy atom. The van der Waals surface area contributed by atoms with Crippen molar-refractivity contribution in [2.75, 3.05) is 20.3 Å². The summed E-state index contributed by atoms with van der Waals surface area (Å²) in [6.07, 6.45) is 2.52. The maximum atomic E-state index is 11.8.